The monoisotopic (exact) mass is 474 g/mol. The molecule has 0 spiro atoms. The fraction of sp³-hybridized carbons (Fsp3) is 0.154. The summed E-state index contributed by atoms with van der Waals surface area (Å²) < 4.78 is 12.1. The van der Waals surface area contributed by atoms with E-state index in [4.69, 9.17) is 9.47 Å². The van der Waals surface area contributed by atoms with Crippen LogP contribution >= 0.6 is 11.3 Å². The molecule has 8 heteroatoms. The van der Waals surface area contributed by atoms with Gasteiger partial charge in [-0.15, -0.1) is 0 Å². The molecule has 2 heterocycles. The first kappa shape index (κ1) is 23.1. The third kappa shape index (κ3) is 4.67. The van der Waals surface area contributed by atoms with Crippen molar-refractivity contribution in [1.82, 2.24) is 4.57 Å². The largest absolute Gasteiger partial charge is 0.466 e. The van der Waals surface area contributed by atoms with Crippen molar-refractivity contribution in [3.05, 3.63) is 103 Å². The molecule has 1 aliphatic heterocycles. The van der Waals surface area contributed by atoms with Crippen molar-refractivity contribution in [2.75, 3.05) is 7.11 Å². The van der Waals surface area contributed by atoms with Gasteiger partial charge in [0.15, 0.2) is 4.80 Å². The Morgan fingerprint density at radius 1 is 1.09 bits per heavy atom. The van der Waals surface area contributed by atoms with E-state index in [0.29, 0.717) is 26.3 Å². The topological polar surface area (TPSA) is 87.0 Å². The van der Waals surface area contributed by atoms with Crippen molar-refractivity contribution in [3.8, 4) is 5.75 Å². The van der Waals surface area contributed by atoms with Crippen LogP contribution in [-0.4, -0.2) is 23.6 Å². The highest BCUT2D eigenvalue weighted by atomic mass is 32.1. The first-order valence-corrected chi connectivity index (χ1v) is 11.3. The summed E-state index contributed by atoms with van der Waals surface area (Å²) in [7, 11) is 1.29. The number of benzene rings is 2. The highest BCUT2D eigenvalue weighted by Gasteiger charge is 2.33. The van der Waals surface area contributed by atoms with Crippen molar-refractivity contribution in [2.45, 2.75) is 19.9 Å². The first-order chi connectivity index (χ1) is 16.4. The lowest BCUT2D eigenvalue weighted by Gasteiger charge is -2.24. The maximum Gasteiger partial charge on any atom is 0.338 e. The number of carbonyl (C=O) groups excluding carboxylic acids is 2. The van der Waals surface area contributed by atoms with Gasteiger partial charge in [0.1, 0.15) is 5.75 Å². The van der Waals surface area contributed by atoms with Crippen LogP contribution in [0, 0.1) is 0 Å². The number of ether oxygens (including phenoxy) is 2. The number of fused-ring (bicyclic) bond motifs is 1. The minimum absolute atomic E-state index is 0.260. The highest BCUT2D eigenvalue weighted by molar-refractivity contribution is 7.07. The van der Waals surface area contributed by atoms with Crippen LogP contribution in [0.5, 0.6) is 5.75 Å². The number of hydrogen-bond donors (Lipinski definition) is 0. The summed E-state index contributed by atoms with van der Waals surface area (Å²) in [5, 5.41) is 0. The molecule has 172 valence electrons. The lowest BCUT2D eigenvalue weighted by atomic mass is 9.96. The first-order valence-electron chi connectivity index (χ1n) is 10.5. The molecule has 34 heavy (non-hydrogen) atoms. The molecule has 0 bridgehead atoms. The average Bonchev–Trinajstić information content (AvgIpc) is 3.13. The van der Waals surface area contributed by atoms with Gasteiger partial charge in [0, 0.05) is 6.92 Å². The minimum Gasteiger partial charge on any atom is -0.466 e. The molecule has 0 N–H and O–H groups in total. The molecular weight excluding hydrogens is 452 g/mol. The Bertz CT molecular complexity index is 1480. The normalized spacial score (nSPS) is 15.7. The zero-order valence-corrected chi connectivity index (χ0v) is 19.7. The summed E-state index contributed by atoms with van der Waals surface area (Å²) in [5.74, 6) is -0.626. The molecule has 0 saturated carbocycles. The van der Waals surface area contributed by atoms with Crippen LogP contribution in [0.2, 0.25) is 0 Å². The molecule has 2 aromatic carbocycles. The number of hydrogen-bond acceptors (Lipinski definition) is 7. The van der Waals surface area contributed by atoms with E-state index in [-0.39, 0.29) is 11.1 Å². The van der Waals surface area contributed by atoms with Crippen molar-refractivity contribution >= 4 is 35.4 Å². The van der Waals surface area contributed by atoms with Crippen LogP contribution in [-0.2, 0) is 14.3 Å². The van der Waals surface area contributed by atoms with Crippen molar-refractivity contribution in [3.63, 3.8) is 0 Å². The van der Waals surface area contributed by atoms with Gasteiger partial charge >= 0.3 is 11.9 Å². The Morgan fingerprint density at radius 3 is 2.44 bits per heavy atom. The Kier molecular flexibility index (Phi) is 6.70. The molecule has 1 aliphatic rings. The van der Waals surface area contributed by atoms with Gasteiger partial charge < -0.3 is 9.47 Å². The summed E-state index contributed by atoms with van der Waals surface area (Å²) in [5.41, 5.74) is 2.18. The Labute approximate surface area is 199 Å². The summed E-state index contributed by atoms with van der Waals surface area (Å²) in [6.45, 7) is 3.04. The second kappa shape index (κ2) is 9.84. The Hall–Kier alpha value is -4.04. The number of esters is 2. The van der Waals surface area contributed by atoms with E-state index in [2.05, 4.69) is 4.99 Å². The van der Waals surface area contributed by atoms with E-state index in [1.807, 2.05) is 42.5 Å². The van der Waals surface area contributed by atoms with Gasteiger partial charge in [-0.05, 0) is 36.3 Å². The molecule has 7 nitrogen and oxygen atoms in total. The molecule has 4 rings (SSSR count). The number of aromatic nitrogens is 1. The number of methoxy groups -OCH3 is 1. The second-order valence-electron chi connectivity index (χ2n) is 7.53. The molecular formula is C26H22N2O5S. The maximum atomic E-state index is 13.4. The van der Waals surface area contributed by atoms with Gasteiger partial charge in [0.2, 0.25) is 0 Å². The molecule has 3 aromatic rings. The number of allylic oxidation sites excluding steroid dienone is 2. The minimum atomic E-state index is -0.727. The fourth-order valence-corrected chi connectivity index (χ4v) is 4.72. The third-order valence-corrected chi connectivity index (χ3v) is 6.22. The van der Waals surface area contributed by atoms with Gasteiger partial charge in [-0.2, -0.15) is 0 Å². The summed E-state index contributed by atoms with van der Waals surface area (Å²) in [6.07, 6.45) is 5.47. The lowest BCUT2D eigenvalue weighted by Crippen LogP contribution is -2.39. The van der Waals surface area contributed by atoms with Crippen molar-refractivity contribution in [1.29, 1.82) is 0 Å². The molecule has 1 atom stereocenters. The average molecular weight is 475 g/mol. The van der Waals surface area contributed by atoms with Gasteiger partial charge in [-0.1, -0.05) is 66.0 Å². The van der Waals surface area contributed by atoms with Crippen LogP contribution in [0.25, 0.3) is 12.2 Å². The second-order valence-corrected chi connectivity index (χ2v) is 8.54. The van der Waals surface area contributed by atoms with Crippen LogP contribution in [0.4, 0.5) is 0 Å². The van der Waals surface area contributed by atoms with Gasteiger partial charge in [-0.25, -0.2) is 9.79 Å². The zero-order chi connectivity index (χ0) is 24.2. The quantitative estimate of drug-likeness (QED) is 0.419. The van der Waals surface area contributed by atoms with Crippen molar-refractivity contribution in [2.24, 2.45) is 4.99 Å². The van der Waals surface area contributed by atoms with E-state index in [0.717, 1.165) is 5.56 Å². The van der Waals surface area contributed by atoms with E-state index in [1.165, 1.54) is 29.9 Å². The maximum absolute atomic E-state index is 13.4. The SMILES string of the molecule is COC(=O)C1=C(C)N=c2sc(=C/C=C/c3ccccc3)c(=O)n2[C@H]1c1ccc(OC(C)=O)cc1. The standard InChI is InChI=1S/C26H22N2O5S/c1-16-22(25(31)32-3)23(19-12-14-20(15-13-19)33-17(2)29)28-24(30)21(34-26(28)27-16)11-7-10-18-8-5-4-6-9-18/h4-15,23H,1-3H3/b10-7+,21-11?/t23-/m0/s1. The van der Waals surface area contributed by atoms with E-state index in [9.17, 15) is 14.4 Å². The lowest BCUT2D eigenvalue weighted by molar-refractivity contribution is -0.136. The zero-order valence-electron chi connectivity index (χ0n) is 18.8. The van der Waals surface area contributed by atoms with Crippen LogP contribution < -0.4 is 19.6 Å². The summed E-state index contributed by atoms with van der Waals surface area (Å²) in [6, 6.07) is 15.7. The Balaban J connectivity index is 1.83. The number of rotatable bonds is 5. The number of carbonyl (C=O) groups is 2. The van der Waals surface area contributed by atoms with Gasteiger partial charge in [-0.3, -0.25) is 14.2 Å². The van der Waals surface area contributed by atoms with Gasteiger partial charge in [0.25, 0.3) is 5.56 Å². The molecule has 0 unspecified atom stereocenters. The molecule has 0 saturated heterocycles. The van der Waals surface area contributed by atoms with E-state index < -0.39 is 18.0 Å². The third-order valence-electron chi connectivity index (χ3n) is 5.22. The predicted octanol–water partition coefficient (Wildman–Crippen LogP) is 3.00. The number of thiazole rings is 1. The van der Waals surface area contributed by atoms with Crippen LogP contribution in [0.3, 0.4) is 0 Å². The van der Waals surface area contributed by atoms with E-state index in [1.54, 1.807) is 37.3 Å². The predicted molar refractivity (Wildman–Crippen MR) is 130 cm³/mol. The summed E-state index contributed by atoms with van der Waals surface area (Å²) in [4.78, 5) is 42.4. The molecule has 0 fully saturated rings. The van der Waals surface area contributed by atoms with Crippen molar-refractivity contribution < 1.29 is 19.1 Å². The van der Waals surface area contributed by atoms with Gasteiger partial charge in [0.05, 0.1) is 29.0 Å². The smallest absolute Gasteiger partial charge is 0.338 e. The highest BCUT2D eigenvalue weighted by Crippen LogP contribution is 2.31. The molecule has 0 radical (unpaired) electrons. The molecule has 1 aromatic heterocycles. The van der Waals surface area contributed by atoms with E-state index >= 15 is 0 Å². The molecule has 0 amide bonds. The van der Waals surface area contributed by atoms with Crippen LogP contribution in [0.1, 0.15) is 31.0 Å². The molecule has 0 aliphatic carbocycles. The van der Waals surface area contributed by atoms with Crippen LogP contribution in [0.15, 0.2) is 81.7 Å². The Morgan fingerprint density at radius 2 is 1.79 bits per heavy atom. The number of nitrogens with zero attached hydrogens (tertiary/aromatic N) is 2. The fourth-order valence-electron chi connectivity index (χ4n) is 3.72. The summed E-state index contributed by atoms with van der Waals surface area (Å²) >= 11 is 1.25.